The quantitative estimate of drug-likeness (QED) is 0.812. The summed E-state index contributed by atoms with van der Waals surface area (Å²) < 4.78 is 17.3. The van der Waals surface area contributed by atoms with Gasteiger partial charge in [0.05, 0.1) is 14.2 Å². The second kappa shape index (κ2) is 4.32. The van der Waals surface area contributed by atoms with Crippen LogP contribution in [0.1, 0.15) is 44.6 Å². The second-order valence-electron chi connectivity index (χ2n) is 6.06. The van der Waals surface area contributed by atoms with Crippen molar-refractivity contribution in [1.29, 1.82) is 0 Å². The Morgan fingerprint density at radius 3 is 2.63 bits per heavy atom. The number of methoxy groups -OCH3 is 2. The summed E-state index contributed by atoms with van der Waals surface area (Å²) in [4.78, 5) is 0. The lowest BCUT2D eigenvalue weighted by molar-refractivity contribution is 0.0190. The Hall–Kier alpha value is -1.38. The Morgan fingerprint density at radius 1 is 1.16 bits per heavy atom. The highest BCUT2D eigenvalue weighted by Gasteiger charge is 2.47. The Morgan fingerprint density at radius 2 is 1.95 bits per heavy atom. The minimum Gasteiger partial charge on any atom is -0.493 e. The molecule has 1 aliphatic carbocycles. The molecule has 104 valence electrons. The fraction of sp³-hybridized carbons (Fsp3) is 0.625. The van der Waals surface area contributed by atoms with Crippen molar-refractivity contribution in [2.75, 3.05) is 14.2 Å². The van der Waals surface area contributed by atoms with E-state index in [0.717, 1.165) is 17.2 Å². The molecule has 0 N–H and O–H groups in total. The predicted molar refractivity (Wildman–Crippen MR) is 74.3 cm³/mol. The summed E-state index contributed by atoms with van der Waals surface area (Å²) in [6.45, 7) is 4.41. The van der Waals surface area contributed by atoms with E-state index in [-0.39, 0.29) is 5.60 Å². The first kappa shape index (κ1) is 12.6. The molecule has 1 saturated carbocycles. The Labute approximate surface area is 114 Å². The predicted octanol–water partition coefficient (Wildman–Crippen LogP) is 3.76. The van der Waals surface area contributed by atoms with Gasteiger partial charge in [-0.15, -0.1) is 0 Å². The van der Waals surface area contributed by atoms with Crippen LogP contribution in [0.2, 0.25) is 0 Å². The fourth-order valence-electron chi connectivity index (χ4n) is 3.87. The molecule has 19 heavy (non-hydrogen) atoms. The average molecular weight is 262 g/mol. The van der Waals surface area contributed by atoms with Gasteiger partial charge in [-0.2, -0.15) is 0 Å². The van der Waals surface area contributed by atoms with Crippen LogP contribution in [-0.4, -0.2) is 19.8 Å². The van der Waals surface area contributed by atoms with Gasteiger partial charge in [0.1, 0.15) is 11.4 Å². The zero-order chi connectivity index (χ0) is 13.6. The van der Waals surface area contributed by atoms with Crippen molar-refractivity contribution < 1.29 is 14.2 Å². The highest BCUT2D eigenvalue weighted by molar-refractivity contribution is 5.57. The first-order chi connectivity index (χ1) is 9.08. The monoisotopic (exact) mass is 262 g/mol. The molecule has 3 nitrogen and oxygen atoms in total. The van der Waals surface area contributed by atoms with Crippen LogP contribution in [-0.2, 0) is 0 Å². The maximum absolute atomic E-state index is 6.24. The van der Waals surface area contributed by atoms with Gasteiger partial charge >= 0.3 is 0 Å². The molecule has 1 aliphatic heterocycles. The second-order valence-corrected chi connectivity index (χ2v) is 6.06. The van der Waals surface area contributed by atoms with E-state index >= 15 is 0 Å². The van der Waals surface area contributed by atoms with E-state index in [0.29, 0.717) is 11.8 Å². The maximum atomic E-state index is 6.24. The van der Waals surface area contributed by atoms with E-state index in [1.807, 2.05) is 12.1 Å². The fourth-order valence-corrected chi connectivity index (χ4v) is 3.87. The largest absolute Gasteiger partial charge is 0.493 e. The van der Waals surface area contributed by atoms with Crippen molar-refractivity contribution in [3.05, 3.63) is 17.7 Å². The van der Waals surface area contributed by atoms with Crippen LogP contribution in [0.4, 0.5) is 0 Å². The van der Waals surface area contributed by atoms with Gasteiger partial charge in [0.15, 0.2) is 11.5 Å². The van der Waals surface area contributed by atoms with E-state index in [1.165, 1.54) is 24.8 Å². The molecular weight excluding hydrogens is 240 g/mol. The van der Waals surface area contributed by atoms with Crippen molar-refractivity contribution in [1.82, 2.24) is 0 Å². The van der Waals surface area contributed by atoms with Gasteiger partial charge in [0.2, 0.25) is 0 Å². The highest BCUT2D eigenvalue weighted by Crippen LogP contribution is 2.57. The third-order valence-corrected chi connectivity index (χ3v) is 4.70. The smallest absolute Gasteiger partial charge is 0.167 e. The van der Waals surface area contributed by atoms with E-state index < -0.39 is 0 Å². The molecule has 3 heteroatoms. The minimum absolute atomic E-state index is 0.0895. The van der Waals surface area contributed by atoms with Crippen molar-refractivity contribution in [3.63, 3.8) is 0 Å². The standard InChI is InChI=1S/C16H22O3/c1-16(2)11-7-5-6-10(11)14-12(19-16)8-9-13(17-3)15(14)18-4/h8-11H,5-7H2,1-4H3/t10-,11+/m0/s1. The molecule has 3 rings (SSSR count). The number of rotatable bonds is 2. The Bertz CT molecular complexity index is 493. The van der Waals surface area contributed by atoms with E-state index in [4.69, 9.17) is 14.2 Å². The van der Waals surface area contributed by atoms with E-state index in [9.17, 15) is 0 Å². The van der Waals surface area contributed by atoms with Crippen molar-refractivity contribution in [2.24, 2.45) is 5.92 Å². The van der Waals surface area contributed by atoms with Crippen LogP contribution < -0.4 is 14.2 Å². The SMILES string of the molecule is COc1ccc2c(c1OC)[C@H]1CCC[C@H]1C(C)(C)O2. The topological polar surface area (TPSA) is 27.7 Å². The normalized spacial score (nSPS) is 27.2. The molecule has 0 unspecified atom stereocenters. The summed E-state index contributed by atoms with van der Waals surface area (Å²) in [6.07, 6.45) is 3.72. The number of ether oxygens (including phenoxy) is 3. The first-order valence-electron chi connectivity index (χ1n) is 7.02. The zero-order valence-electron chi connectivity index (χ0n) is 12.2. The number of fused-ring (bicyclic) bond motifs is 3. The molecule has 0 bridgehead atoms. The van der Waals surface area contributed by atoms with Gasteiger partial charge in [0, 0.05) is 11.5 Å². The summed E-state index contributed by atoms with van der Waals surface area (Å²) in [7, 11) is 3.39. The van der Waals surface area contributed by atoms with Gasteiger partial charge < -0.3 is 14.2 Å². The maximum Gasteiger partial charge on any atom is 0.167 e. The molecule has 0 spiro atoms. The molecule has 1 aromatic rings. The summed E-state index contributed by atoms with van der Waals surface area (Å²) >= 11 is 0. The molecular formula is C16H22O3. The van der Waals surface area contributed by atoms with Crippen LogP contribution in [0.5, 0.6) is 17.2 Å². The van der Waals surface area contributed by atoms with Gasteiger partial charge in [-0.05, 0) is 44.7 Å². The number of hydrogen-bond donors (Lipinski definition) is 0. The first-order valence-corrected chi connectivity index (χ1v) is 7.02. The van der Waals surface area contributed by atoms with E-state index in [2.05, 4.69) is 13.8 Å². The van der Waals surface area contributed by atoms with Gasteiger partial charge in [-0.3, -0.25) is 0 Å². The van der Waals surface area contributed by atoms with Crippen molar-refractivity contribution in [3.8, 4) is 17.2 Å². The molecule has 1 heterocycles. The molecule has 0 radical (unpaired) electrons. The summed E-state index contributed by atoms with van der Waals surface area (Å²) in [6, 6.07) is 3.95. The molecule has 0 aromatic heterocycles. The summed E-state index contributed by atoms with van der Waals surface area (Å²) in [5.74, 6) is 3.72. The minimum atomic E-state index is -0.0895. The Kier molecular flexibility index (Phi) is 2.88. The molecule has 0 saturated heterocycles. The number of hydrogen-bond acceptors (Lipinski definition) is 3. The summed E-state index contributed by atoms with van der Waals surface area (Å²) in [5.41, 5.74) is 1.12. The molecule has 1 aromatic carbocycles. The van der Waals surface area contributed by atoms with Crippen LogP contribution in [0.25, 0.3) is 0 Å². The van der Waals surface area contributed by atoms with Crippen LogP contribution >= 0.6 is 0 Å². The van der Waals surface area contributed by atoms with Crippen LogP contribution in [0, 0.1) is 5.92 Å². The van der Waals surface area contributed by atoms with Crippen LogP contribution in [0.15, 0.2) is 12.1 Å². The van der Waals surface area contributed by atoms with Gasteiger partial charge in [-0.1, -0.05) is 6.42 Å². The van der Waals surface area contributed by atoms with Crippen molar-refractivity contribution in [2.45, 2.75) is 44.6 Å². The molecule has 2 atom stereocenters. The Balaban J connectivity index is 2.17. The third-order valence-electron chi connectivity index (χ3n) is 4.70. The van der Waals surface area contributed by atoms with E-state index in [1.54, 1.807) is 14.2 Å². The van der Waals surface area contributed by atoms with Gasteiger partial charge in [-0.25, -0.2) is 0 Å². The van der Waals surface area contributed by atoms with Gasteiger partial charge in [0.25, 0.3) is 0 Å². The molecule has 0 amide bonds. The molecule has 2 aliphatic rings. The highest BCUT2D eigenvalue weighted by atomic mass is 16.5. The van der Waals surface area contributed by atoms with Crippen molar-refractivity contribution >= 4 is 0 Å². The average Bonchev–Trinajstić information content (AvgIpc) is 2.87. The summed E-state index contributed by atoms with van der Waals surface area (Å²) in [5, 5.41) is 0. The number of benzene rings is 1. The third kappa shape index (κ3) is 1.78. The lowest BCUT2D eigenvalue weighted by Gasteiger charge is -2.42. The molecule has 1 fully saturated rings. The van der Waals surface area contributed by atoms with Crippen LogP contribution in [0.3, 0.4) is 0 Å². The lowest BCUT2D eigenvalue weighted by Crippen LogP contribution is -2.42. The lowest BCUT2D eigenvalue weighted by atomic mass is 9.76. The zero-order valence-corrected chi connectivity index (χ0v) is 12.2.